The van der Waals surface area contributed by atoms with Crippen LogP contribution in [0.4, 0.5) is 5.95 Å². The first kappa shape index (κ1) is 16.6. The van der Waals surface area contributed by atoms with E-state index < -0.39 is 0 Å². The van der Waals surface area contributed by atoms with Gasteiger partial charge in [0.15, 0.2) is 0 Å². The maximum Gasteiger partial charge on any atom is 0.222 e. The number of aromatic nitrogens is 2. The molecule has 1 aromatic heterocycles. The summed E-state index contributed by atoms with van der Waals surface area (Å²) in [6.07, 6.45) is 5.81. The Balaban J connectivity index is 1.74. The predicted octanol–water partition coefficient (Wildman–Crippen LogP) is 2.79. The molecule has 1 aromatic rings. The van der Waals surface area contributed by atoms with E-state index in [9.17, 15) is 0 Å². The smallest absolute Gasteiger partial charge is 0.222 e. The van der Waals surface area contributed by atoms with Gasteiger partial charge in [-0.1, -0.05) is 6.92 Å². The molecule has 0 aliphatic carbocycles. The molecule has 2 rings (SSSR count). The van der Waals surface area contributed by atoms with Gasteiger partial charge >= 0.3 is 0 Å². The molecule has 0 aromatic carbocycles. The van der Waals surface area contributed by atoms with E-state index in [4.69, 9.17) is 4.74 Å². The predicted molar refractivity (Wildman–Crippen MR) is 88.5 cm³/mol. The summed E-state index contributed by atoms with van der Waals surface area (Å²) in [4.78, 5) is 11.1. The number of anilines is 1. The number of hydrogen-bond acceptors (Lipinski definition) is 5. The second-order valence-corrected chi connectivity index (χ2v) is 6.51. The van der Waals surface area contributed by atoms with Gasteiger partial charge in [-0.2, -0.15) is 0 Å². The van der Waals surface area contributed by atoms with Crippen molar-refractivity contribution < 1.29 is 4.74 Å². The summed E-state index contributed by atoms with van der Waals surface area (Å²) in [5.74, 6) is 1.32. The Kier molecular flexibility index (Phi) is 6.86. The summed E-state index contributed by atoms with van der Waals surface area (Å²) in [6, 6.07) is 0.453. The van der Waals surface area contributed by atoms with Gasteiger partial charge in [0.1, 0.15) is 0 Å². The Hall–Kier alpha value is -0.720. The third-order valence-corrected chi connectivity index (χ3v) is 4.30. The molecule has 0 spiro atoms. The van der Waals surface area contributed by atoms with Crippen LogP contribution in [0, 0.1) is 5.92 Å². The summed E-state index contributed by atoms with van der Waals surface area (Å²) < 4.78 is 6.31. The Labute approximate surface area is 135 Å². The van der Waals surface area contributed by atoms with Gasteiger partial charge in [0.2, 0.25) is 5.95 Å². The van der Waals surface area contributed by atoms with Crippen LogP contribution in [0.2, 0.25) is 0 Å². The fourth-order valence-corrected chi connectivity index (χ4v) is 2.94. The Bertz CT molecular complexity index is 415. The van der Waals surface area contributed by atoms with Crippen LogP contribution in [0.15, 0.2) is 16.9 Å². The quantitative estimate of drug-likeness (QED) is 0.761. The highest BCUT2D eigenvalue weighted by Gasteiger charge is 2.26. The first-order chi connectivity index (χ1) is 10.2. The van der Waals surface area contributed by atoms with Crippen LogP contribution in [0.3, 0.4) is 0 Å². The highest BCUT2D eigenvalue weighted by atomic mass is 79.9. The molecule has 0 amide bonds. The molecule has 2 atom stereocenters. The first-order valence-corrected chi connectivity index (χ1v) is 8.52. The fraction of sp³-hybridized carbons (Fsp3) is 0.733. The number of rotatable bonds is 7. The second-order valence-electron chi connectivity index (χ2n) is 5.59. The van der Waals surface area contributed by atoms with Gasteiger partial charge < -0.3 is 15.0 Å². The number of likely N-dealkylation sites (tertiary alicyclic amines) is 1. The molecule has 1 fully saturated rings. The molecule has 1 N–H and O–H groups in total. The summed E-state index contributed by atoms with van der Waals surface area (Å²) in [5.41, 5.74) is 0. The minimum absolute atomic E-state index is 0.453. The van der Waals surface area contributed by atoms with E-state index in [0.717, 1.165) is 56.1 Å². The number of nitrogens with one attached hydrogen (secondary N) is 1. The van der Waals surface area contributed by atoms with Crippen molar-refractivity contribution in [2.75, 3.05) is 38.2 Å². The van der Waals surface area contributed by atoms with E-state index in [1.165, 1.54) is 0 Å². The molecular formula is C15H25BrN4O. The van der Waals surface area contributed by atoms with Crippen LogP contribution in [0.5, 0.6) is 0 Å². The van der Waals surface area contributed by atoms with Gasteiger partial charge in [0.25, 0.3) is 0 Å². The third-order valence-electron chi connectivity index (χ3n) is 3.89. The fourth-order valence-electron chi connectivity index (χ4n) is 2.74. The van der Waals surface area contributed by atoms with Crippen LogP contribution in [-0.2, 0) is 4.74 Å². The summed E-state index contributed by atoms with van der Waals surface area (Å²) in [6.45, 7) is 9.41. The molecule has 118 valence electrons. The van der Waals surface area contributed by atoms with Crippen molar-refractivity contribution in [3.05, 3.63) is 16.9 Å². The van der Waals surface area contributed by atoms with Gasteiger partial charge in [0.05, 0.1) is 4.47 Å². The number of ether oxygens (including phenoxy) is 1. The third kappa shape index (κ3) is 5.52. The van der Waals surface area contributed by atoms with Crippen molar-refractivity contribution in [2.24, 2.45) is 5.92 Å². The molecular weight excluding hydrogens is 332 g/mol. The monoisotopic (exact) mass is 356 g/mol. The molecule has 0 saturated carbocycles. The SMILES string of the molecule is CCOCCCN1CCC(Nc2ncc(Br)cn2)C(C)C1. The largest absolute Gasteiger partial charge is 0.382 e. The van der Waals surface area contributed by atoms with Crippen molar-refractivity contribution in [3.8, 4) is 0 Å². The van der Waals surface area contributed by atoms with Gasteiger partial charge in [-0.3, -0.25) is 0 Å². The summed E-state index contributed by atoms with van der Waals surface area (Å²) >= 11 is 3.36. The highest BCUT2D eigenvalue weighted by molar-refractivity contribution is 9.10. The number of halogens is 1. The molecule has 0 bridgehead atoms. The van der Waals surface area contributed by atoms with Crippen molar-refractivity contribution >= 4 is 21.9 Å². The van der Waals surface area contributed by atoms with Gasteiger partial charge in [-0.25, -0.2) is 9.97 Å². The van der Waals surface area contributed by atoms with Gasteiger partial charge in [0, 0.05) is 51.3 Å². The van der Waals surface area contributed by atoms with Crippen LogP contribution >= 0.6 is 15.9 Å². The lowest BCUT2D eigenvalue weighted by molar-refractivity contribution is 0.116. The molecule has 1 aliphatic rings. The number of nitrogens with zero attached hydrogens (tertiary/aromatic N) is 3. The van der Waals surface area contributed by atoms with Crippen LogP contribution < -0.4 is 5.32 Å². The van der Waals surface area contributed by atoms with Crippen molar-refractivity contribution in [3.63, 3.8) is 0 Å². The molecule has 5 nitrogen and oxygen atoms in total. The van der Waals surface area contributed by atoms with Gasteiger partial charge in [-0.05, 0) is 41.6 Å². The average molecular weight is 357 g/mol. The summed E-state index contributed by atoms with van der Waals surface area (Å²) in [7, 11) is 0. The Morgan fingerprint density at radius 2 is 2.19 bits per heavy atom. The lowest BCUT2D eigenvalue weighted by Gasteiger charge is -2.37. The topological polar surface area (TPSA) is 50.3 Å². The van der Waals surface area contributed by atoms with Crippen molar-refractivity contribution in [1.82, 2.24) is 14.9 Å². The van der Waals surface area contributed by atoms with E-state index in [0.29, 0.717) is 12.0 Å². The molecule has 2 unspecified atom stereocenters. The van der Waals surface area contributed by atoms with E-state index in [-0.39, 0.29) is 0 Å². The van der Waals surface area contributed by atoms with E-state index in [1.807, 2.05) is 6.92 Å². The molecule has 1 aliphatic heterocycles. The van der Waals surface area contributed by atoms with E-state index in [2.05, 4.69) is 43.0 Å². The van der Waals surface area contributed by atoms with Crippen molar-refractivity contribution in [1.29, 1.82) is 0 Å². The van der Waals surface area contributed by atoms with Crippen LogP contribution in [0.25, 0.3) is 0 Å². The second kappa shape index (κ2) is 8.66. The van der Waals surface area contributed by atoms with E-state index >= 15 is 0 Å². The van der Waals surface area contributed by atoms with E-state index in [1.54, 1.807) is 12.4 Å². The van der Waals surface area contributed by atoms with Crippen molar-refractivity contribution in [2.45, 2.75) is 32.7 Å². The number of hydrogen-bond donors (Lipinski definition) is 1. The molecule has 2 heterocycles. The highest BCUT2D eigenvalue weighted by Crippen LogP contribution is 2.20. The lowest BCUT2D eigenvalue weighted by Crippen LogP contribution is -2.45. The zero-order chi connectivity index (χ0) is 15.1. The maximum atomic E-state index is 5.40. The molecule has 21 heavy (non-hydrogen) atoms. The number of piperidine rings is 1. The minimum Gasteiger partial charge on any atom is -0.382 e. The summed E-state index contributed by atoms with van der Waals surface area (Å²) in [5, 5.41) is 3.46. The Morgan fingerprint density at radius 3 is 2.86 bits per heavy atom. The molecule has 1 saturated heterocycles. The average Bonchev–Trinajstić information content (AvgIpc) is 2.48. The lowest BCUT2D eigenvalue weighted by atomic mass is 9.94. The minimum atomic E-state index is 0.453. The standard InChI is InChI=1S/C15H25BrN4O/c1-3-21-8-4-6-20-7-5-14(12(2)11-20)19-15-17-9-13(16)10-18-15/h9-10,12,14H,3-8,11H2,1-2H3,(H,17,18,19). The van der Waals surface area contributed by atoms with Crippen LogP contribution in [0.1, 0.15) is 26.7 Å². The zero-order valence-corrected chi connectivity index (χ0v) is 14.5. The van der Waals surface area contributed by atoms with Crippen LogP contribution in [-0.4, -0.2) is 53.8 Å². The van der Waals surface area contributed by atoms with Gasteiger partial charge in [-0.15, -0.1) is 0 Å². The molecule has 0 radical (unpaired) electrons. The normalized spacial score (nSPS) is 23.2. The maximum absolute atomic E-state index is 5.40. The Morgan fingerprint density at radius 1 is 1.43 bits per heavy atom. The first-order valence-electron chi connectivity index (χ1n) is 7.73. The zero-order valence-electron chi connectivity index (χ0n) is 12.9. The molecule has 6 heteroatoms.